The molecule has 2 atom stereocenters. The first-order valence-electron chi connectivity index (χ1n) is 7.40. The molecular weight excluding hydrogens is 258 g/mol. The van der Waals surface area contributed by atoms with Crippen LogP contribution in [0.15, 0.2) is 24.8 Å². The van der Waals surface area contributed by atoms with Crippen LogP contribution in [-0.4, -0.2) is 6.10 Å². The lowest BCUT2D eigenvalue weighted by Gasteiger charge is -2.15. The van der Waals surface area contributed by atoms with E-state index in [1.165, 1.54) is 0 Å². The second kappa shape index (κ2) is 6.98. The Bertz CT molecular complexity index is 470. The molecule has 0 bridgehead atoms. The van der Waals surface area contributed by atoms with E-state index in [0.29, 0.717) is 24.0 Å². The first-order valence-corrected chi connectivity index (χ1v) is 7.40. The number of benzene rings is 1. The maximum Gasteiger partial charge on any atom is 0.164 e. The van der Waals surface area contributed by atoms with E-state index in [0.717, 1.165) is 25.7 Å². The number of rotatable bonds is 6. The Hall–Kier alpha value is -1.22. The normalized spacial score (nSPS) is 22.1. The van der Waals surface area contributed by atoms with Gasteiger partial charge in [-0.05, 0) is 37.7 Å². The third-order valence-corrected chi connectivity index (χ3v) is 3.88. The van der Waals surface area contributed by atoms with E-state index in [-0.39, 0.29) is 12.2 Å². The lowest BCUT2D eigenvalue weighted by atomic mass is 10.0. The van der Waals surface area contributed by atoms with Crippen molar-refractivity contribution in [2.24, 2.45) is 0 Å². The van der Waals surface area contributed by atoms with Gasteiger partial charge in [-0.2, -0.15) is 0 Å². The van der Waals surface area contributed by atoms with Gasteiger partial charge < -0.3 is 4.74 Å². The predicted octanol–water partition coefficient (Wildman–Crippen LogP) is 5.10. The highest BCUT2D eigenvalue weighted by molar-refractivity contribution is 5.29. The van der Waals surface area contributed by atoms with Gasteiger partial charge in [0.1, 0.15) is 0 Å². The van der Waals surface area contributed by atoms with E-state index in [1.807, 2.05) is 0 Å². The molecule has 0 aromatic heterocycles. The lowest BCUT2D eigenvalue weighted by Crippen LogP contribution is -2.08. The molecule has 0 radical (unpaired) electrons. The summed E-state index contributed by atoms with van der Waals surface area (Å²) >= 11 is 0. The van der Waals surface area contributed by atoms with E-state index < -0.39 is 11.6 Å². The topological polar surface area (TPSA) is 9.23 Å². The van der Waals surface area contributed by atoms with Gasteiger partial charge in [-0.1, -0.05) is 31.6 Å². The van der Waals surface area contributed by atoms with Crippen molar-refractivity contribution in [3.05, 3.63) is 47.5 Å². The Balaban J connectivity index is 2.13. The number of hydrogen-bond acceptors (Lipinski definition) is 1. The van der Waals surface area contributed by atoms with Crippen molar-refractivity contribution in [2.75, 3.05) is 0 Å². The summed E-state index contributed by atoms with van der Waals surface area (Å²) in [6.07, 6.45) is 6.46. The zero-order valence-electron chi connectivity index (χ0n) is 12.0. The monoisotopic (exact) mass is 280 g/mol. The molecule has 1 aliphatic rings. The van der Waals surface area contributed by atoms with Gasteiger partial charge in [0.2, 0.25) is 0 Å². The summed E-state index contributed by atoms with van der Waals surface area (Å²) in [7, 11) is 0. The third kappa shape index (κ3) is 3.26. The molecule has 3 heteroatoms. The number of ether oxygens (including phenoxy) is 1. The minimum atomic E-state index is -0.742. The smallest absolute Gasteiger partial charge is 0.164 e. The molecule has 0 amide bonds. The van der Waals surface area contributed by atoms with Crippen molar-refractivity contribution in [1.82, 2.24) is 0 Å². The van der Waals surface area contributed by atoms with Crippen LogP contribution < -0.4 is 0 Å². The van der Waals surface area contributed by atoms with Crippen LogP contribution in [0.25, 0.3) is 0 Å². The largest absolute Gasteiger partial charge is 0.370 e. The van der Waals surface area contributed by atoms with Crippen LogP contribution >= 0.6 is 0 Å². The highest BCUT2D eigenvalue weighted by atomic mass is 19.2. The quantitative estimate of drug-likeness (QED) is 0.658. The van der Waals surface area contributed by atoms with Crippen LogP contribution in [-0.2, 0) is 11.2 Å². The molecule has 1 heterocycles. The van der Waals surface area contributed by atoms with Crippen molar-refractivity contribution < 1.29 is 13.5 Å². The molecule has 1 fully saturated rings. The van der Waals surface area contributed by atoms with E-state index in [1.54, 1.807) is 18.2 Å². The van der Waals surface area contributed by atoms with Crippen LogP contribution in [0.1, 0.15) is 56.3 Å². The van der Waals surface area contributed by atoms with Gasteiger partial charge in [0.15, 0.2) is 11.6 Å². The Morgan fingerprint density at radius 1 is 1.30 bits per heavy atom. The van der Waals surface area contributed by atoms with E-state index in [9.17, 15) is 8.78 Å². The van der Waals surface area contributed by atoms with Gasteiger partial charge in [-0.25, -0.2) is 8.78 Å². The van der Waals surface area contributed by atoms with Crippen LogP contribution in [0.2, 0.25) is 0 Å². The zero-order chi connectivity index (χ0) is 14.5. The van der Waals surface area contributed by atoms with E-state index in [4.69, 9.17) is 4.74 Å². The maximum atomic E-state index is 14.2. The summed E-state index contributed by atoms with van der Waals surface area (Å²) in [6.45, 7) is 5.70. The highest BCUT2D eigenvalue weighted by Gasteiger charge is 2.29. The summed E-state index contributed by atoms with van der Waals surface area (Å²) in [6, 6.07) is 3.35. The van der Waals surface area contributed by atoms with Gasteiger partial charge in [0.25, 0.3) is 0 Å². The molecule has 1 aromatic rings. The van der Waals surface area contributed by atoms with Gasteiger partial charge in [0.05, 0.1) is 12.2 Å². The molecule has 1 aromatic carbocycles. The molecule has 1 saturated heterocycles. The standard InChI is InChI=1S/C17H22F2O/c1-3-5-7-12-8-10-14(17(19)16(12)18)15-11-9-13(20-15)6-4-2/h3,8,10,13,15H,1,4-7,9,11H2,2H3. The van der Waals surface area contributed by atoms with Gasteiger partial charge in [-0.3, -0.25) is 0 Å². The summed E-state index contributed by atoms with van der Waals surface area (Å²) in [4.78, 5) is 0. The average molecular weight is 280 g/mol. The number of hydrogen-bond donors (Lipinski definition) is 0. The number of halogens is 2. The summed E-state index contributed by atoms with van der Waals surface area (Å²) in [5.41, 5.74) is 0.776. The molecule has 1 aliphatic heterocycles. The van der Waals surface area contributed by atoms with Crippen molar-refractivity contribution in [3.63, 3.8) is 0 Å². The molecule has 0 N–H and O–H groups in total. The Kier molecular flexibility index (Phi) is 5.30. The molecule has 20 heavy (non-hydrogen) atoms. The van der Waals surface area contributed by atoms with Crippen molar-refractivity contribution >= 4 is 0 Å². The highest BCUT2D eigenvalue weighted by Crippen LogP contribution is 2.36. The molecule has 0 aliphatic carbocycles. The first-order chi connectivity index (χ1) is 9.67. The molecule has 0 spiro atoms. The predicted molar refractivity (Wildman–Crippen MR) is 76.6 cm³/mol. The molecule has 1 nitrogen and oxygen atoms in total. The van der Waals surface area contributed by atoms with Crippen LogP contribution in [0.4, 0.5) is 8.78 Å². The second-order valence-corrected chi connectivity index (χ2v) is 5.38. The summed E-state index contributed by atoms with van der Waals surface area (Å²) < 4.78 is 34.0. The van der Waals surface area contributed by atoms with Crippen molar-refractivity contribution in [3.8, 4) is 0 Å². The van der Waals surface area contributed by atoms with Crippen LogP contribution in [0.3, 0.4) is 0 Å². The van der Waals surface area contributed by atoms with Crippen LogP contribution in [0, 0.1) is 11.6 Å². The Morgan fingerprint density at radius 2 is 2.10 bits per heavy atom. The minimum absolute atomic E-state index is 0.188. The molecule has 110 valence electrons. The second-order valence-electron chi connectivity index (χ2n) is 5.38. The zero-order valence-corrected chi connectivity index (χ0v) is 12.0. The Labute approximate surface area is 119 Å². The molecular formula is C17H22F2O. The van der Waals surface area contributed by atoms with Gasteiger partial charge in [-0.15, -0.1) is 6.58 Å². The first kappa shape index (κ1) is 15.2. The fraction of sp³-hybridized carbons (Fsp3) is 0.529. The lowest BCUT2D eigenvalue weighted by molar-refractivity contribution is 0.0374. The minimum Gasteiger partial charge on any atom is -0.370 e. The van der Waals surface area contributed by atoms with E-state index in [2.05, 4.69) is 13.5 Å². The summed E-state index contributed by atoms with van der Waals surface area (Å²) in [5.74, 6) is -1.47. The third-order valence-electron chi connectivity index (χ3n) is 3.88. The van der Waals surface area contributed by atoms with Gasteiger partial charge in [0, 0.05) is 5.56 Å². The molecule has 2 unspecified atom stereocenters. The van der Waals surface area contributed by atoms with Crippen molar-refractivity contribution in [2.45, 2.75) is 57.7 Å². The molecule has 0 saturated carbocycles. The van der Waals surface area contributed by atoms with Crippen molar-refractivity contribution in [1.29, 1.82) is 0 Å². The Morgan fingerprint density at radius 3 is 2.80 bits per heavy atom. The fourth-order valence-electron chi connectivity index (χ4n) is 2.77. The average Bonchev–Trinajstić information content (AvgIpc) is 2.89. The number of aryl methyl sites for hydroxylation is 1. The maximum absolute atomic E-state index is 14.2. The van der Waals surface area contributed by atoms with Gasteiger partial charge >= 0.3 is 0 Å². The SMILES string of the molecule is C=CCCc1ccc(C2CCC(CCC)O2)c(F)c1F. The van der Waals surface area contributed by atoms with E-state index >= 15 is 0 Å². The summed E-state index contributed by atoms with van der Waals surface area (Å²) in [5, 5.41) is 0. The number of allylic oxidation sites excluding steroid dienone is 1. The van der Waals surface area contributed by atoms with Crippen LogP contribution in [0.5, 0.6) is 0 Å². The fourth-order valence-corrected chi connectivity index (χ4v) is 2.77. The molecule has 2 rings (SSSR count).